The van der Waals surface area contributed by atoms with Crippen molar-refractivity contribution in [2.45, 2.75) is 57.1 Å². The van der Waals surface area contributed by atoms with Crippen LogP contribution in [0.25, 0.3) is 0 Å². The molecule has 3 rings (SSSR count). The molecule has 1 aliphatic carbocycles. The predicted octanol–water partition coefficient (Wildman–Crippen LogP) is 4.32. The van der Waals surface area contributed by atoms with Gasteiger partial charge in [0.25, 0.3) is 0 Å². The number of hydrogen-bond donors (Lipinski definition) is 1. The molecule has 0 radical (unpaired) electrons. The molecule has 0 amide bonds. The van der Waals surface area contributed by atoms with E-state index in [0.717, 1.165) is 35.1 Å². The topological polar surface area (TPSA) is 72.6 Å². The van der Waals surface area contributed by atoms with Crippen LogP contribution in [0, 0.1) is 6.92 Å². The van der Waals surface area contributed by atoms with Crippen molar-refractivity contribution in [2.24, 2.45) is 0 Å². The van der Waals surface area contributed by atoms with Gasteiger partial charge in [-0.15, -0.1) is 11.8 Å². The first kappa shape index (κ1) is 23.3. The Kier molecular flexibility index (Phi) is 9.92. The quantitative estimate of drug-likeness (QED) is 0.617. The molecule has 148 valence electrons. The second-order valence-corrected chi connectivity index (χ2v) is 8.01. The van der Waals surface area contributed by atoms with Crippen LogP contribution < -0.4 is 4.74 Å². The Balaban J connectivity index is 0.00000280. The Labute approximate surface area is 192 Å². The zero-order valence-corrected chi connectivity index (χ0v) is 16.6. The summed E-state index contributed by atoms with van der Waals surface area (Å²) in [5, 5.41) is 8.72. The molecule has 0 saturated heterocycles. The number of carbonyl (C=O) groups is 1. The number of carboxylic acids is 1. The molecule has 1 aromatic carbocycles. The number of carboxylic acid groups (broad SMARTS) is 1. The van der Waals surface area contributed by atoms with Crippen LogP contribution in [-0.4, -0.2) is 58.0 Å². The molecule has 0 spiro atoms. The van der Waals surface area contributed by atoms with Crippen LogP contribution in [0.3, 0.4) is 0 Å². The molecule has 1 N–H and O–H groups in total. The summed E-state index contributed by atoms with van der Waals surface area (Å²) >= 11 is 1.38. The molecule has 0 atom stereocenters. The van der Waals surface area contributed by atoms with Crippen LogP contribution in [0.1, 0.15) is 60.9 Å². The van der Waals surface area contributed by atoms with Crippen LogP contribution in [0.15, 0.2) is 28.7 Å². The van der Waals surface area contributed by atoms with E-state index in [1.54, 1.807) is 0 Å². The van der Waals surface area contributed by atoms with Gasteiger partial charge in [0.15, 0.2) is 5.89 Å². The average Bonchev–Trinajstić information content (AvgIpc) is 3.03. The molecule has 1 aromatic heterocycles. The third-order valence-electron chi connectivity index (χ3n) is 4.86. The van der Waals surface area contributed by atoms with E-state index < -0.39 is 5.97 Å². The second-order valence-electron chi connectivity index (χ2n) is 7.02. The van der Waals surface area contributed by atoms with Gasteiger partial charge in [0, 0.05) is 18.1 Å². The van der Waals surface area contributed by atoms with Crippen LogP contribution in [0.5, 0.6) is 5.75 Å². The monoisotopic (exact) mass is 413 g/mol. The van der Waals surface area contributed by atoms with Crippen molar-refractivity contribution in [1.82, 2.24) is 4.98 Å². The molecule has 0 unspecified atom stereocenters. The van der Waals surface area contributed by atoms with Crippen molar-refractivity contribution in [3.05, 3.63) is 47.2 Å². The van der Waals surface area contributed by atoms with Gasteiger partial charge >= 0.3 is 35.5 Å². The molecular weight excluding hydrogens is 385 g/mol. The summed E-state index contributed by atoms with van der Waals surface area (Å²) < 4.78 is 11.8. The first-order valence-corrected chi connectivity index (χ1v) is 10.7. The molecule has 1 saturated carbocycles. The van der Waals surface area contributed by atoms with Gasteiger partial charge in [0.05, 0.1) is 18.1 Å². The van der Waals surface area contributed by atoms with Crippen molar-refractivity contribution < 1.29 is 19.1 Å². The first-order valence-electron chi connectivity index (χ1n) is 9.59. The minimum absolute atomic E-state index is 0. The van der Waals surface area contributed by atoms with Gasteiger partial charge in [-0.25, -0.2) is 4.98 Å². The Bertz CT molecular complexity index is 759. The third-order valence-corrected chi connectivity index (χ3v) is 5.85. The van der Waals surface area contributed by atoms with E-state index >= 15 is 0 Å². The molecule has 0 aliphatic heterocycles. The maximum absolute atomic E-state index is 10.6. The van der Waals surface area contributed by atoms with E-state index in [1.165, 1.54) is 43.9 Å². The number of rotatable bonds is 9. The summed E-state index contributed by atoms with van der Waals surface area (Å²) in [6, 6.07) is 7.82. The molecule has 1 fully saturated rings. The Morgan fingerprint density at radius 1 is 1.32 bits per heavy atom. The fourth-order valence-electron chi connectivity index (χ4n) is 3.45. The number of aliphatic carboxylic acids is 1. The van der Waals surface area contributed by atoms with Gasteiger partial charge in [-0.05, 0) is 37.5 Å². The third kappa shape index (κ3) is 7.14. The van der Waals surface area contributed by atoms with Crippen molar-refractivity contribution >= 4 is 47.3 Å². The standard InChI is InChI=1S/C21H27NO4S.Na.H/c1-15-19(22-21(26-15)17-7-3-2-4-8-17)10-11-25-18-9-5-6-16(12-18)13-27-14-20(23)24;;/h5-6,9,12,17H,2-4,7-8,10-11,13-14H2,1H3,(H,23,24);;. The van der Waals surface area contributed by atoms with Gasteiger partial charge in [-0.2, -0.15) is 0 Å². The number of benzene rings is 1. The van der Waals surface area contributed by atoms with E-state index in [2.05, 4.69) is 0 Å². The van der Waals surface area contributed by atoms with E-state index in [4.69, 9.17) is 19.2 Å². The first-order chi connectivity index (χ1) is 13.1. The van der Waals surface area contributed by atoms with Gasteiger partial charge in [0.2, 0.25) is 0 Å². The number of aromatic nitrogens is 1. The molecular formula is C21H28NNaO4S. The number of oxazole rings is 1. The summed E-state index contributed by atoms with van der Waals surface area (Å²) in [4.78, 5) is 15.3. The average molecular weight is 414 g/mol. The molecule has 7 heteroatoms. The number of ether oxygens (including phenoxy) is 1. The van der Waals surface area contributed by atoms with Crippen molar-refractivity contribution in [3.63, 3.8) is 0 Å². The van der Waals surface area contributed by atoms with E-state index in [9.17, 15) is 4.79 Å². The second kappa shape index (κ2) is 11.9. The summed E-state index contributed by atoms with van der Waals surface area (Å²) in [6.45, 7) is 2.53. The Morgan fingerprint density at radius 3 is 2.86 bits per heavy atom. The Morgan fingerprint density at radius 2 is 2.11 bits per heavy atom. The van der Waals surface area contributed by atoms with Crippen LogP contribution in [-0.2, 0) is 17.0 Å². The molecule has 1 heterocycles. The molecule has 2 aromatic rings. The Hall–Kier alpha value is -0.950. The summed E-state index contributed by atoms with van der Waals surface area (Å²) in [5.74, 6) is 3.07. The zero-order chi connectivity index (χ0) is 19.1. The van der Waals surface area contributed by atoms with Crippen molar-refractivity contribution in [3.8, 4) is 5.75 Å². The normalized spacial score (nSPS) is 14.5. The number of thioether (sulfide) groups is 1. The maximum atomic E-state index is 10.6. The van der Waals surface area contributed by atoms with Crippen LogP contribution in [0.4, 0.5) is 0 Å². The van der Waals surface area contributed by atoms with E-state index in [-0.39, 0.29) is 35.3 Å². The number of nitrogens with zero attached hydrogens (tertiary/aromatic N) is 1. The predicted molar refractivity (Wildman–Crippen MR) is 114 cm³/mol. The van der Waals surface area contributed by atoms with Crippen LogP contribution >= 0.6 is 11.8 Å². The fraction of sp³-hybridized carbons (Fsp3) is 0.524. The molecule has 1 aliphatic rings. The summed E-state index contributed by atoms with van der Waals surface area (Å²) in [7, 11) is 0. The summed E-state index contributed by atoms with van der Waals surface area (Å²) in [6.07, 6.45) is 6.95. The summed E-state index contributed by atoms with van der Waals surface area (Å²) in [5.41, 5.74) is 2.06. The van der Waals surface area contributed by atoms with Gasteiger partial charge in [-0.1, -0.05) is 31.4 Å². The fourth-order valence-corrected chi connectivity index (χ4v) is 4.15. The van der Waals surface area contributed by atoms with Crippen molar-refractivity contribution in [1.29, 1.82) is 0 Å². The molecule has 0 bridgehead atoms. The van der Waals surface area contributed by atoms with Gasteiger partial charge in [-0.3, -0.25) is 4.79 Å². The number of aryl methyl sites for hydroxylation is 1. The van der Waals surface area contributed by atoms with Gasteiger partial charge in [0.1, 0.15) is 11.5 Å². The zero-order valence-electron chi connectivity index (χ0n) is 15.8. The SMILES string of the molecule is Cc1oc(C2CCCCC2)nc1CCOc1cccc(CSCC(=O)O)c1.[NaH]. The molecule has 28 heavy (non-hydrogen) atoms. The van der Waals surface area contributed by atoms with Crippen LogP contribution in [0.2, 0.25) is 0 Å². The van der Waals surface area contributed by atoms with Gasteiger partial charge < -0.3 is 14.3 Å². The van der Waals surface area contributed by atoms with E-state index in [1.807, 2.05) is 31.2 Å². The molecule has 5 nitrogen and oxygen atoms in total. The minimum atomic E-state index is -0.789. The van der Waals surface area contributed by atoms with E-state index in [0.29, 0.717) is 18.3 Å². The number of hydrogen-bond acceptors (Lipinski definition) is 5. The van der Waals surface area contributed by atoms with Crippen molar-refractivity contribution in [2.75, 3.05) is 12.4 Å².